The summed E-state index contributed by atoms with van der Waals surface area (Å²) in [5, 5.41) is 0. The second-order valence-electron chi connectivity index (χ2n) is 5.36. The third-order valence-corrected chi connectivity index (χ3v) is 3.50. The summed E-state index contributed by atoms with van der Waals surface area (Å²) in [6.07, 6.45) is -0.126. The van der Waals surface area contributed by atoms with E-state index in [4.69, 9.17) is 4.74 Å². The normalized spacial score (nSPS) is 10.1. The van der Waals surface area contributed by atoms with E-state index in [1.165, 1.54) is 18.2 Å². The maximum atomic E-state index is 13.5. The lowest BCUT2D eigenvalue weighted by molar-refractivity contribution is -0.121. The maximum absolute atomic E-state index is 13.5. The molecule has 0 aliphatic rings. The molecule has 2 amide bonds. The van der Waals surface area contributed by atoms with Crippen molar-refractivity contribution in [2.24, 2.45) is 0 Å². The predicted octanol–water partition coefficient (Wildman–Crippen LogP) is 2.65. The quantitative estimate of drug-likeness (QED) is 0.589. The van der Waals surface area contributed by atoms with Crippen molar-refractivity contribution < 1.29 is 23.5 Å². The van der Waals surface area contributed by atoms with Crippen molar-refractivity contribution in [1.29, 1.82) is 0 Å². The summed E-state index contributed by atoms with van der Waals surface area (Å²) in [4.78, 5) is 35.6. The van der Waals surface area contributed by atoms with Gasteiger partial charge in [-0.15, -0.1) is 0 Å². The second-order valence-corrected chi connectivity index (χ2v) is 5.36. The van der Waals surface area contributed by atoms with Crippen LogP contribution in [-0.2, 0) is 4.79 Å². The van der Waals surface area contributed by atoms with Crippen LogP contribution in [0, 0.1) is 5.82 Å². The lowest BCUT2D eigenvalue weighted by atomic mass is 10.1. The first-order valence-electron chi connectivity index (χ1n) is 8.11. The Kier molecular flexibility index (Phi) is 6.84. The number of carbonyl (C=O) groups excluding carboxylic acids is 3. The predicted molar refractivity (Wildman–Crippen MR) is 93.2 cm³/mol. The smallest absolute Gasteiger partial charge is 0.272 e. The Morgan fingerprint density at radius 1 is 0.962 bits per heavy atom. The molecule has 0 aromatic heterocycles. The van der Waals surface area contributed by atoms with E-state index in [-0.39, 0.29) is 24.2 Å². The van der Waals surface area contributed by atoms with Gasteiger partial charge in [0, 0.05) is 18.4 Å². The molecule has 0 aliphatic carbocycles. The van der Waals surface area contributed by atoms with Gasteiger partial charge in [-0.3, -0.25) is 25.2 Å². The van der Waals surface area contributed by atoms with Gasteiger partial charge in [0.2, 0.25) is 5.91 Å². The monoisotopic (exact) mass is 358 g/mol. The van der Waals surface area contributed by atoms with Gasteiger partial charge in [-0.2, -0.15) is 0 Å². The minimum Gasteiger partial charge on any atom is -0.494 e. The third-order valence-electron chi connectivity index (χ3n) is 3.50. The summed E-state index contributed by atoms with van der Waals surface area (Å²) in [6, 6.07) is 12.0. The fourth-order valence-corrected chi connectivity index (χ4v) is 2.18. The summed E-state index contributed by atoms with van der Waals surface area (Å²) in [5.41, 5.74) is 4.57. The molecule has 26 heavy (non-hydrogen) atoms. The van der Waals surface area contributed by atoms with Gasteiger partial charge in [-0.1, -0.05) is 12.1 Å². The molecule has 2 aromatic carbocycles. The molecule has 2 aromatic rings. The summed E-state index contributed by atoms with van der Waals surface area (Å²) in [5.74, 6) is -1.55. The summed E-state index contributed by atoms with van der Waals surface area (Å²) in [6.45, 7) is 2.40. The fraction of sp³-hybridized carbons (Fsp3) is 0.211. The molecule has 2 rings (SSSR count). The molecule has 2 N–H and O–H groups in total. The van der Waals surface area contributed by atoms with Crippen LogP contribution in [0.2, 0.25) is 0 Å². The lowest BCUT2D eigenvalue weighted by Crippen LogP contribution is -2.42. The Morgan fingerprint density at radius 2 is 1.65 bits per heavy atom. The van der Waals surface area contributed by atoms with Crippen LogP contribution in [0.3, 0.4) is 0 Å². The van der Waals surface area contributed by atoms with Crippen LogP contribution >= 0.6 is 0 Å². The lowest BCUT2D eigenvalue weighted by Gasteiger charge is -2.08. The third kappa shape index (κ3) is 5.41. The molecule has 136 valence electrons. The largest absolute Gasteiger partial charge is 0.494 e. The number of ether oxygens (including phenoxy) is 1. The van der Waals surface area contributed by atoms with Crippen molar-refractivity contribution in [2.75, 3.05) is 6.61 Å². The Morgan fingerprint density at radius 3 is 2.31 bits per heavy atom. The Bertz CT molecular complexity index is 790. The number of halogens is 1. The summed E-state index contributed by atoms with van der Waals surface area (Å²) in [7, 11) is 0. The number of rotatable bonds is 7. The zero-order valence-electron chi connectivity index (χ0n) is 14.3. The number of hydrazine groups is 1. The van der Waals surface area contributed by atoms with E-state index in [0.29, 0.717) is 17.9 Å². The number of amides is 2. The van der Waals surface area contributed by atoms with Gasteiger partial charge in [0.25, 0.3) is 5.91 Å². The molecule has 0 unspecified atom stereocenters. The molecule has 0 radical (unpaired) electrons. The average molecular weight is 358 g/mol. The SMILES string of the molecule is CCOc1ccc(C(=O)CCC(=O)NNC(=O)c2ccccc2F)cc1. The highest BCUT2D eigenvalue weighted by Gasteiger charge is 2.13. The number of Topliss-reactive ketones (excluding diaryl/α,β-unsaturated/α-hetero) is 1. The maximum Gasteiger partial charge on any atom is 0.272 e. The molecule has 0 atom stereocenters. The van der Waals surface area contributed by atoms with Gasteiger partial charge >= 0.3 is 0 Å². The van der Waals surface area contributed by atoms with E-state index < -0.39 is 17.6 Å². The molecule has 0 heterocycles. The fourth-order valence-electron chi connectivity index (χ4n) is 2.18. The first-order chi connectivity index (χ1) is 12.5. The number of hydrogen-bond acceptors (Lipinski definition) is 4. The van der Waals surface area contributed by atoms with E-state index in [1.807, 2.05) is 6.92 Å². The van der Waals surface area contributed by atoms with Crippen LogP contribution in [0.15, 0.2) is 48.5 Å². The molecular formula is C19H19FN2O4. The number of carbonyl (C=O) groups is 3. The van der Waals surface area contributed by atoms with E-state index in [1.54, 1.807) is 24.3 Å². The number of ketones is 1. The van der Waals surface area contributed by atoms with Crippen LogP contribution in [-0.4, -0.2) is 24.2 Å². The van der Waals surface area contributed by atoms with Gasteiger partial charge in [0.1, 0.15) is 11.6 Å². The van der Waals surface area contributed by atoms with Gasteiger partial charge in [0.15, 0.2) is 5.78 Å². The Labute approximate surface area is 150 Å². The molecule has 0 aliphatic heterocycles. The van der Waals surface area contributed by atoms with Gasteiger partial charge in [-0.25, -0.2) is 4.39 Å². The molecular weight excluding hydrogens is 339 g/mol. The van der Waals surface area contributed by atoms with Gasteiger partial charge in [-0.05, 0) is 43.3 Å². The van der Waals surface area contributed by atoms with Crippen LogP contribution < -0.4 is 15.6 Å². The Balaban J connectivity index is 1.78. The number of hydrogen-bond donors (Lipinski definition) is 2. The first kappa shape index (κ1) is 19.1. The van der Waals surface area contributed by atoms with Crippen LogP contribution in [0.5, 0.6) is 5.75 Å². The highest BCUT2D eigenvalue weighted by atomic mass is 19.1. The standard InChI is InChI=1S/C19H19FN2O4/c1-2-26-14-9-7-13(8-10-14)17(23)11-12-18(24)21-22-19(25)15-5-3-4-6-16(15)20/h3-10H,2,11-12H2,1H3,(H,21,24)(H,22,25). The van der Waals surface area contributed by atoms with Crippen molar-refractivity contribution in [3.63, 3.8) is 0 Å². The first-order valence-corrected chi connectivity index (χ1v) is 8.11. The zero-order valence-corrected chi connectivity index (χ0v) is 14.3. The van der Waals surface area contributed by atoms with Crippen molar-refractivity contribution in [2.45, 2.75) is 19.8 Å². The van der Waals surface area contributed by atoms with Crippen molar-refractivity contribution in [1.82, 2.24) is 10.9 Å². The Hall–Kier alpha value is -3.22. The minimum atomic E-state index is -0.769. The zero-order chi connectivity index (χ0) is 18.9. The average Bonchev–Trinajstić information content (AvgIpc) is 2.65. The molecule has 0 saturated heterocycles. The topological polar surface area (TPSA) is 84.5 Å². The second kappa shape index (κ2) is 9.31. The van der Waals surface area contributed by atoms with Crippen LogP contribution in [0.1, 0.15) is 40.5 Å². The van der Waals surface area contributed by atoms with Crippen molar-refractivity contribution in [3.8, 4) is 5.75 Å². The highest BCUT2D eigenvalue weighted by molar-refractivity contribution is 5.99. The van der Waals surface area contributed by atoms with Gasteiger partial charge in [0.05, 0.1) is 12.2 Å². The molecule has 7 heteroatoms. The molecule has 0 spiro atoms. The summed E-state index contributed by atoms with van der Waals surface area (Å²) >= 11 is 0. The van der Waals surface area contributed by atoms with E-state index >= 15 is 0 Å². The van der Waals surface area contributed by atoms with Crippen molar-refractivity contribution in [3.05, 3.63) is 65.5 Å². The van der Waals surface area contributed by atoms with E-state index in [2.05, 4.69) is 10.9 Å². The molecule has 6 nitrogen and oxygen atoms in total. The van der Waals surface area contributed by atoms with E-state index in [9.17, 15) is 18.8 Å². The van der Waals surface area contributed by atoms with E-state index in [0.717, 1.165) is 6.07 Å². The number of nitrogens with one attached hydrogen (secondary N) is 2. The van der Waals surface area contributed by atoms with Crippen LogP contribution in [0.25, 0.3) is 0 Å². The van der Waals surface area contributed by atoms with Crippen LogP contribution in [0.4, 0.5) is 4.39 Å². The highest BCUT2D eigenvalue weighted by Crippen LogP contribution is 2.14. The number of benzene rings is 2. The van der Waals surface area contributed by atoms with Crippen molar-refractivity contribution >= 4 is 17.6 Å². The van der Waals surface area contributed by atoms with Gasteiger partial charge < -0.3 is 4.74 Å². The molecule has 0 fully saturated rings. The molecule has 0 saturated carbocycles. The molecule has 0 bridgehead atoms. The minimum absolute atomic E-state index is 0.0185. The summed E-state index contributed by atoms with van der Waals surface area (Å²) < 4.78 is 18.8.